The number of hydrogen-bond donors (Lipinski definition) is 1. The van der Waals surface area contributed by atoms with Crippen LogP contribution in [0.25, 0.3) is 22.0 Å². The SMILES string of the molecule is CC(C)(C)Cn1cc([C@H](NS(=O)(=O)C2CCC2)C(F)(F)F)c2ccc(-c3c(F)cccc3C(F)(F)F)cc21. The van der Waals surface area contributed by atoms with Crippen LogP contribution in [0.5, 0.6) is 0 Å². The molecule has 0 amide bonds. The van der Waals surface area contributed by atoms with Gasteiger partial charge in [-0.05, 0) is 42.0 Å². The Morgan fingerprint density at radius 2 is 1.68 bits per heavy atom. The summed E-state index contributed by atoms with van der Waals surface area (Å²) in [5.41, 5.74) is -2.82. The molecule has 2 aromatic carbocycles. The number of nitrogens with one attached hydrogen (secondary N) is 1. The molecule has 1 saturated carbocycles. The lowest BCUT2D eigenvalue weighted by atomic mass is 9.96. The third kappa shape index (κ3) is 5.70. The van der Waals surface area contributed by atoms with Crippen LogP contribution in [0.4, 0.5) is 30.7 Å². The van der Waals surface area contributed by atoms with Crippen LogP contribution in [0.3, 0.4) is 0 Å². The lowest BCUT2D eigenvalue weighted by molar-refractivity contribution is -0.152. The van der Waals surface area contributed by atoms with E-state index < -0.39 is 56.0 Å². The van der Waals surface area contributed by atoms with Gasteiger partial charge in [-0.1, -0.05) is 45.4 Å². The van der Waals surface area contributed by atoms with E-state index in [4.69, 9.17) is 0 Å². The number of alkyl halides is 6. The minimum Gasteiger partial charge on any atom is -0.347 e. The number of fused-ring (bicyclic) bond motifs is 1. The van der Waals surface area contributed by atoms with Crippen molar-refractivity contribution in [3.05, 3.63) is 59.5 Å². The molecular weight excluding hydrogens is 537 g/mol. The maximum Gasteiger partial charge on any atom is 0.417 e. The van der Waals surface area contributed by atoms with Crippen molar-refractivity contribution in [1.29, 1.82) is 0 Å². The second-order valence-corrected chi connectivity index (χ2v) is 12.8. The van der Waals surface area contributed by atoms with E-state index in [2.05, 4.69) is 0 Å². The fourth-order valence-electron chi connectivity index (χ4n) is 4.65. The zero-order valence-electron chi connectivity index (χ0n) is 20.8. The fourth-order valence-corrected chi connectivity index (χ4v) is 6.39. The van der Waals surface area contributed by atoms with E-state index in [0.717, 1.165) is 24.3 Å². The fraction of sp³-hybridized carbons (Fsp3) is 0.462. The van der Waals surface area contributed by atoms with Crippen molar-refractivity contribution in [2.75, 3.05) is 0 Å². The van der Waals surface area contributed by atoms with Crippen LogP contribution in [0.2, 0.25) is 0 Å². The van der Waals surface area contributed by atoms with Gasteiger partial charge in [0.1, 0.15) is 11.9 Å². The molecule has 1 heterocycles. The molecule has 0 bridgehead atoms. The van der Waals surface area contributed by atoms with E-state index in [1.807, 2.05) is 25.5 Å². The number of sulfonamides is 1. The smallest absolute Gasteiger partial charge is 0.347 e. The topological polar surface area (TPSA) is 51.1 Å². The van der Waals surface area contributed by atoms with Gasteiger partial charge in [0.25, 0.3) is 0 Å². The van der Waals surface area contributed by atoms with Gasteiger partial charge in [-0.2, -0.15) is 31.1 Å². The van der Waals surface area contributed by atoms with Crippen LogP contribution in [0, 0.1) is 11.2 Å². The van der Waals surface area contributed by atoms with Gasteiger partial charge < -0.3 is 4.57 Å². The molecule has 4 rings (SSSR count). The molecule has 4 nitrogen and oxygen atoms in total. The molecule has 1 aromatic heterocycles. The summed E-state index contributed by atoms with van der Waals surface area (Å²) in [6, 6.07) is 3.49. The number of halogens is 7. The highest BCUT2D eigenvalue weighted by Gasteiger charge is 2.47. The minimum absolute atomic E-state index is 0.00142. The lowest BCUT2D eigenvalue weighted by Gasteiger charge is -2.29. The van der Waals surface area contributed by atoms with Gasteiger partial charge in [-0.25, -0.2) is 12.8 Å². The predicted molar refractivity (Wildman–Crippen MR) is 130 cm³/mol. The normalized spacial score (nSPS) is 16.6. The molecule has 1 N–H and O–H groups in total. The van der Waals surface area contributed by atoms with Gasteiger partial charge in [0.05, 0.1) is 10.8 Å². The van der Waals surface area contributed by atoms with Crippen molar-refractivity contribution in [1.82, 2.24) is 9.29 Å². The van der Waals surface area contributed by atoms with E-state index in [9.17, 15) is 39.2 Å². The Morgan fingerprint density at radius 3 is 2.21 bits per heavy atom. The number of rotatable bonds is 6. The second-order valence-electron chi connectivity index (χ2n) is 10.9. The predicted octanol–water partition coefficient (Wildman–Crippen LogP) is 7.59. The first-order chi connectivity index (χ1) is 17.4. The van der Waals surface area contributed by atoms with Gasteiger partial charge in [-0.15, -0.1) is 0 Å². The molecule has 1 fully saturated rings. The first-order valence-electron chi connectivity index (χ1n) is 12.0. The highest BCUT2D eigenvalue weighted by Crippen LogP contribution is 2.43. The standard InChI is InChI=1S/C26H27F7N2O2S/c1-24(2,3)14-35-13-18(23(26(31,32)33)34-38(36,37)16-6-4-7-16)17-11-10-15(12-21(17)35)22-19(25(28,29)30)8-5-9-20(22)27/h5,8-13,16,23,34H,4,6-7,14H2,1-3H3/t23-/m0/s1. The molecule has 1 atom stereocenters. The number of nitrogens with zero attached hydrogens (tertiary/aromatic N) is 1. The van der Waals surface area contributed by atoms with Crippen molar-refractivity contribution in [2.24, 2.45) is 5.41 Å². The summed E-state index contributed by atoms with van der Waals surface area (Å²) >= 11 is 0. The van der Waals surface area contributed by atoms with E-state index in [1.165, 1.54) is 22.9 Å². The van der Waals surface area contributed by atoms with Crippen molar-refractivity contribution in [2.45, 2.75) is 70.2 Å². The highest BCUT2D eigenvalue weighted by atomic mass is 32.2. The number of aromatic nitrogens is 1. The summed E-state index contributed by atoms with van der Waals surface area (Å²) < 4.78 is 127. The van der Waals surface area contributed by atoms with Crippen molar-refractivity contribution < 1.29 is 39.2 Å². The van der Waals surface area contributed by atoms with E-state index in [-0.39, 0.29) is 41.4 Å². The molecular formula is C26H27F7N2O2S. The number of hydrogen-bond acceptors (Lipinski definition) is 2. The van der Waals surface area contributed by atoms with Gasteiger partial charge >= 0.3 is 12.4 Å². The molecule has 3 aromatic rings. The summed E-state index contributed by atoms with van der Waals surface area (Å²) in [6.07, 6.45) is -7.56. The monoisotopic (exact) mass is 564 g/mol. The Balaban J connectivity index is 1.93. The average molecular weight is 565 g/mol. The molecule has 208 valence electrons. The van der Waals surface area contributed by atoms with Crippen molar-refractivity contribution in [3.63, 3.8) is 0 Å². The second kappa shape index (κ2) is 9.55. The van der Waals surface area contributed by atoms with Crippen molar-refractivity contribution in [3.8, 4) is 11.1 Å². The van der Waals surface area contributed by atoms with E-state index >= 15 is 0 Å². The lowest BCUT2D eigenvalue weighted by Crippen LogP contribution is -2.44. The van der Waals surface area contributed by atoms with Gasteiger partial charge in [0.2, 0.25) is 10.0 Å². The Morgan fingerprint density at radius 1 is 1.03 bits per heavy atom. The largest absolute Gasteiger partial charge is 0.417 e. The molecule has 1 aliphatic carbocycles. The van der Waals surface area contributed by atoms with Crippen molar-refractivity contribution >= 4 is 20.9 Å². The Kier molecular flexibility index (Phi) is 7.14. The summed E-state index contributed by atoms with van der Waals surface area (Å²) in [6.45, 7) is 5.63. The maximum atomic E-state index is 14.7. The molecule has 0 radical (unpaired) electrons. The quantitative estimate of drug-likeness (QED) is 0.314. The maximum absolute atomic E-state index is 14.7. The zero-order valence-corrected chi connectivity index (χ0v) is 21.7. The Labute approximate surface area is 215 Å². The van der Waals surface area contributed by atoms with Crippen LogP contribution in [-0.4, -0.2) is 24.4 Å². The van der Waals surface area contributed by atoms with E-state index in [0.29, 0.717) is 6.42 Å². The Hall–Kier alpha value is -2.60. The van der Waals surface area contributed by atoms with Gasteiger partial charge in [0.15, 0.2) is 0 Å². The summed E-state index contributed by atoms with van der Waals surface area (Å²) in [4.78, 5) is 0. The number of benzene rings is 2. The summed E-state index contributed by atoms with van der Waals surface area (Å²) in [7, 11) is -4.28. The van der Waals surface area contributed by atoms with Crippen LogP contribution in [0.1, 0.15) is 57.2 Å². The van der Waals surface area contributed by atoms with Gasteiger partial charge in [0, 0.05) is 34.8 Å². The van der Waals surface area contributed by atoms with Gasteiger partial charge in [-0.3, -0.25) is 0 Å². The van der Waals surface area contributed by atoms with Crippen LogP contribution >= 0.6 is 0 Å². The van der Waals surface area contributed by atoms with Crippen LogP contribution < -0.4 is 4.72 Å². The van der Waals surface area contributed by atoms with Crippen LogP contribution in [-0.2, 0) is 22.7 Å². The average Bonchev–Trinajstić information content (AvgIpc) is 3.04. The first kappa shape index (κ1) is 28.4. The molecule has 0 unspecified atom stereocenters. The molecule has 1 aliphatic rings. The third-order valence-electron chi connectivity index (χ3n) is 6.58. The van der Waals surface area contributed by atoms with E-state index in [1.54, 1.807) is 0 Å². The molecule has 0 saturated heterocycles. The highest BCUT2D eigenvalue weighted by molar-refractivity contribution is 7.90. The summed E-state index contributed by atoms with van der Waals surface area (Å²) in [5.74, 6) is -1.13. The molecule has 38 heavy (non-hydrogen) atoms. The third-order valence-corrected chi connectivity index (χ3v) is 8.49. The van der Waals surface area contributed by atoms with Crippen LogP contribution in [0.15, 0.2) is 42.6 Å². The summed E-state index contributed by atoms with van der Waals surface area (Å²) in [5, 5.41) is -0.912. The first-order valence-corrected chi connectivity index (χ1v) is 13.5. The minimum atomic E-state index is -4.99. The molecule has 12 heteroatoms. The Bertz CT molecular complexity index is 1450. The molecule has 0 aliphatic heterocycles. The molecule has 0 spiro atoms. The zero-order chi connectivity index (χ0) is 28.3.